The molecule has 23 heavy (non-hydrogen) atoms. The molecule has 0 aliphatic carbocycles. The highest BCUT2D eigenvalue weighted by Gasteiger charge is 2.31. The minimum atomic E-state index is -0.375. The second-order valence-corrected chi connectivity index (χ2v) is 7.24. The molecule has 3 rings (SSSR count). The summed E-state index contributed by atoms with van der Waals surface area (Å²) in [5.74, 6) is 0.913. The van der Waals surface area contributed by atoms with Gasteiger partial charge in [0.15, 0.2) is 0 Å². The van der Waals surface area contributed by atoms with Crippen molar-refractivity contribution in [3.8, 4) is 0 Å². The third-order valence-corrected chi connectivity index (χ3v) is 5.37. The minimum absolute atomic E-state index is 0.00646. The lowest BCUT2D eigenvalue weighted by molar-refractivity contribution is 0.0760. The van der Waals surface area contributed by atoms with Gasteiger partial charge in [0.1, 0.15) is 11.2 Å². The summed E-state index contributed by atoms with van der Waals surface area (Å²) >= 11 is 1.76. The van der Waals surface area contributed by atoms with Gasteiger partial charge in [0.05, 0.1) is 0 Å². The quantitative estimate of drug-likeness (QED) is 0.803. The van der Waals surface area contributed by atoms with Gasteiger partial charge in [0.25, 0.3) is 5.91 Å². The molecule has 0 saturated carbocycles. The molecular formula is C19H20FNOS. The molecule has 4 heteroatoms. The maximum atomic E-state index is 13.4. The fourth-order valence-electron chi connectivity index (χ4n) is 2.79. The van der Waals surface area contributed by atoms with E-state index in [1.807, 2.05) is 4.90 Å². The van der Waals surface area contributed by atoms with Gasteiger partial charge in [-0.2, -0.15) is 0 Å². The van der Waals surface area contributed by atoms with E-state index in [1.165, 1.54) is 17.7 Å². The Morgan fingerprint density at radius 1 is 1.22 bits per heavy atom. The number of benzene rings is 2. The number of hydrogen-bond donors (Lipinski definition) is 0. The van der Waals surface area contributed by atoms with Gasteiger partial charge in [0.2, 0.25) is 0 Å². The molecule has 2 aromatic rings. The van der Waals surface area contributed by atoms with E-state index in [1.54, 1.807) is 23.9 Å². The van der Waals surface area contributed by atoms with Crippen LogP contribution in [-0.4, -0.2) is 23.1 Å². The topological polar surface area (TPSA) is 20.3 Å². The van der Waals surface area contributed by atoms with Crippen LogP contribution in [0.15, 0.2) is 48.5 Å². The molecule has 1 heterocycles. The van der Waals surface area contributed by atoms with Crippen molar-refractivity contribution in [1.82, 2.24) is 4.90 Å². The van der Waals surface area contributed by atoms with Gasteiger partial charge >= 0.3 is 0 Å². The lowest BCUT2D eigenvalue weighted by atomic mass is 10.0. The third-order valence-electron chi connectivity index (χ3n) is 4.11. The van der Waals surface area contributed by atoms with Gasteiger partial charge in [-0.3, -0.25) is 4.79 Å². The first kappa shape index (κ1) is 16.1. The van der Waals surface area contributed by atoms with Crippen LogP contribution in [0.3, 0.4) is 0 Å². The number of nitrogens with zero attached hydrogens (tertiary/aromatic N) is 1. The highest BCUT2D eigenvalue weighted by atomic mass is 32.2. The van der Waals surface area contributed by atoms with Crippen molar-refractivity contribution < 1.29 is 9.18 Å². The predicted octanol–water partition coefficient (Wildman–Crippen LogP) is 4.84. The summed E-state index contributed by atoms with van der Waals surface area (Å²) in [6.07, 6.45) is 0. The summed E-state index contributed by atoms with van der Waals surface area (Å²) in [4.78, 5) is 14.5. The largest absolute Gasteiger partial charge is 0.322 e. The summed E-state index contributed by atoms with van der Waals surface area (Å²) in [6, 6.07) is 14.4. The van der Waals surface area contributed by atoms with Crippen molar-refractivity contribution in [2.24, 2.45) is 0 Å². The summed E-state index contributed by atoms with van der Waals surface area (Å²) in [5, 5.41) is 0.00646. The van der Waals surface area contributed by atoms with Gasteiger partial charge in [-0.1, -0.05) is 44.2 Å². The summed E-state index contributed by atoms with van der Waals surface area (Å²) in [6.45, 7) is 5.02. The van der Waals surface area contributed by atoms with Crippen LogP contribution < -0.4 is 0 Å². The van der Waals surface area contributed by atoms with Crippen LogP contribution in [0.5, 0.6) is 0 Å². The van der Waals surface area contributed by atoms with Crippen molar-refractivity contribution in [1.29, 1.82) is 0 Å². The van der Waals surface area contributed by atoms with E-state index in [2.05, 4.69) is 38.1 Å². The molecule has 1 saturated heterocycles. The van der Waals surface area contributed by atoms with E-state index in [0.29, 0.717) is 18.0 Å². The van der Waals surface area contributed by atoms with Crippen LogP contribution in [0.1, 0.15) is 46.6 Å². The first-order valence-corrected chi connectivity index (χ1v) is 8.89. The molecule has 1 aliphatic rings. The molecule has 0 radical (unpaired) electrons. The Kier molecular flexibility index (Phi) is 4.71. The predicted molar refractivity (Wildman–Crippen MR) is 93.2 cm³/mol. The molecule has 1 amide bonds. The number of thioether (sulfide) groups is 1. The number of carbonyl (C=O) groups is 1. The highest BCUT2D eigenvalue weighted by Crippen LogP contribution is 2.39. The van der Waals surface area contributed by atoms with E-state index in [0.717, 1.165) is 11.3 Å². The van der Waals surface area contributed by atoms with E-state index in [4.69, 9.17) is 0 Å². The zero-order valence-electron chi connectivity index (χ0n) is 13.3. The molecule has 1 unspecified atom stereocenters. The normalized spacial score (nSPS) is 17.7. The van der Waals surface area contributed by atoms with Crippen molar-refractivity contribution in [3.63, 3.8) is 0 Å². The van der Waals surface area contributed by atoms with Gasteiger partial charge in [-0.25, -0.2) is 4.39 Å². The SMILES string of the molecule is CC(C)c1ccc(C2SCCN2C(=O)c2cccc(F)c2)cc1. The van der Waals surface area contributed by atoms with Crippen LogP contribution in [0.4, 0.5) is 4.39 Å². The Morgan fingerprint density at radius 3 is 2.61 bits per heavy atom. The molecule has 1 fully saturated rings. The Morgan fingerprint density at radius 2 is 1.96 bits per heavy atom. The van der Waals surface area contributed by atoms with Crippen LogP contribution in [0, 0.1) is 5.82 Å². The first-order chi connectivity index (χ1) is 11.1. The molecule has 0 bridgehead atoms. The Balaban J connectivity index is 1.83. The summed E-state index contributed by atoms with van der Waals surface area (Å²) in [7, 11) is 0. The molecule has 0 N–H and O–H groups in total. The number of halogens is 1. The molecule has 2 nitrogen and oxygen atoms in total. The zero-order valence-corrected chi connectivity index (χ0v) is 14.1. The second-order valence-electron chi connectivity index (χ2n) is 6.05. The van der Waals surface area contributed by atoms with Gasteiger partial charge < -0.3 is 4.90 Å². The number of amides is 1. The fourth-order valence-corrected chi connectivity index (χ4v) is 4.04. The molecule has 2 aromatic carbocycles. The van der Waals surface area contributed by atoms with Crippen LogP contribution in [-0.2, 0) is 0 Å². The Labute approximate surface area is 140 Å². The van der Waals surface area contributed by atoms with E-state index in [-0.39, 0.29) is 17.1 Å². The van der Waals surface area contributed by atoms with E-state index < -0.39 is 0 Å². The van der Waals surface area contributed by atoms with Gasteiger partial charge in [-0.05, 0) is 35.2 Å². The molecule has 1 atom stereocenters. The maximum absolute atomic E-state index is 13.4. The Hall–Kier alpha value is -1.81. The number of rotatable bonds is 3. The third kappa shape index (κ3) is 3.42. The Bertz CT molecular complexity index is 699. The average molecular weight is 329 g/mol. The summed E-state index contributed by atoms with van der Waals surface area (Å²) in [5.41, 5.74) is 2.83. The molecule has 120 valence electrons. The smallest absolute Gasteiger partial charge is 0.255 e. The zero-order chi connectivity index (χ0) is 16.4. The van der Waals surface area contributed by atoms with Crippen LogP contribution >= 0.6 is 11.8 Å². The first-order valence-electron chi connectivity index (χ1n) is 7.84. The lowest BCUT2D eigenvalue weighted by Crippen LogP contribution is -2.30. The van der Waals surface area contributed by atoms with Crippen molar-refractivity contribution in [2.75, 3.05) is 12.3 Å². The second kappa shape index (κ2) is 6.75. The summed E-state index contributed by atoms with van der Waals surface area (Å²) < 4.78 is 13.4. The van der Waals surface area contributed by atoms with Crippen molar-refractivity contribution in [3.05, 3.63) is 71.0 Å². The van der Waals surface area contributed by atoms with Gasteiger partial charge in [-0.15, -0.1) is 11.8 Å². The minimum Gasteiger partial charge on any atom is -0.322 e. The van der Waals surface area contributed by atoms with E-state index >= 15 is 0 Å². The van der Waals surface area contributed by atoms with Gasteiger partial charge in [0, 0.05) is 17.9 Å². The van der Waals surface area contributed by atoms with Crippen LogP contribution in [0.2, 0.25) is 0 Å². The van der Waals surface area contributed by atoms with Crippen LogP contribution in [0.25, 0.3) is 0 Å². The number of hydrogen-bond acceptors (Lipinski definition) is 2. The fraction of sp³-hybridized carbons (Fsp3) is 0.316. The van der Waals surface area contributed by atoms with Crippen molar-refractivity contribution >= 4 is 17.7 Å². The lowest BCUT2D eigenvalue weighted by Gasteiger charge is -2.24. The highest BCUT2D eigenvalue weighted by molar-refractivity contribution is 7.99. The van der Waals surface area contributed by atoms with Crippen molar-refractivity contribution in [2.45, 2.75) is 25.1 Å². The molecule has 1 aliphatic heterocycles. The molecule has 0 spiro atoms. The number of carbonyl (C=O) groups excluding carboxylic acids is 1. The standard InChI is InChI=1S/C19H20FNOS/c1-13(2)14-6-8-15(9-7-14)19-21(10-11-23-19)18(22)16-4-3-5-17(20)12-16/h3-9,12-13,19H,10-11H2,1-2H3. The molecular weight excluding hydrogens is 309 g/mol. The monoisotopic (exact) mass is 329 g/mol. The average Bonchev–Trinajstić information content (AvgIpc) is 3.03. The maximum Gasteiger partial charge on any atom is 0.255 e. The molecule has 0 aromatic heterocycles. The van der Waals surface area contributed by atoms with E-state index in [9.17, 15) is 9.18 Å².